The topological polar surface area (TPSA) is 57.5 Å². The molecule has 0 amide bonds. The molecule has 0 fully saturated rings. The number of aliphatic hydroxyl groups excluding tert-OH is 1. The summed E-state index contributed by atoms with van der Waals surface area (Å²) >= 11 is -0.164. The molecule has 0 radical (unpaired) electrons. The number of hydrogen-bond acceptors (Lipinski definition) is 2. The van der Waals surface area contributed by atoms with Gasteiger partial charge in [-0.05, 0) is 0 Å². The number of benzene rings is 1. The summed E-state index contributed by atoms with van der Waals surface area (Å²) in [6.07, 6.45) is 0.139. The number of carboxylic acid groups (broad SMARTS) is 1. The van der Waals surface area contributed by atoms with Crippen LogP contribution in [0.4, 0.5) is 0 Å². The Morgan fingerprint density at radius 3 is 2.50 bits per heavy atom. The van der Waals surface area contributed by atoms with Crippen molar-refractivity contribution in [2.24, 2.45) is 0 Å². The maximum absolute atomic E-state index is 11.2. The molecule has 0 saturated carbocycles. The third kappa shape index (κ3) is 5.50. The van der Waals surface area contributed by atoms with Gasteiger partial charge in [-0.2, -0.15) is 0 Å². The van der Waals surface area contributed by atoms with Crippen molar-refractivity contribution in [3.05, 3.63) is 42.5 Å². The zero-order valence-corrected chi connectivity index (χ0v) is 12.1. The van der Waals surface area contributed by atoms with Crippen LogP contribution in [0.5, 0.6) is 0 Å². The van der Waals surface area contributed by atoms with E-state index in [9.17, 15) is 15.0 Å². The van der Waals surface area contributed by atoms with Gasteiger partial charge in [0.05, 0.1) is 0 Å². The van der Waals surface area contributed by atoms with Crippen molar-refractivity contribution in [1.29, 1.82) is 0 Å². The van der Waals surface area contributed by atoms with Gasteiger partial charge in [0, 0.05) is 0 Å². The molecule has 0 saturated heterocycles. The third-order valence-electron chi connectivity index (χ3n) is 2.37. The number of aliphatic hydroxyl groups is 1. The van der Waals surface area contributed by atoms with E-state index in [1.165, 1.54) is 0 Å². The zero-order valence-electron chi connectivity index (χ0n) is 10.4. The van der Waals surface area contributed by atoms with Gasteiger partial charge in [0.15, 0.2) is 0 Å². The average molecular weight is 313 g/mol. The van der Waals surface area contributed by atoms with E-state index in [1.807, 2.05) is 37.3 Å². The second-order valence-corrected chi connectivity index (χ2v) is 6.99. The molecule has 2 N–H and O–H groups in total. The number of aliphatic carboxylic acids is 1. The van der Waals surface area contributed by atoms with Crippen molar-refractivity contribution in [2.45, 2.75) is 30.7 Å². The van der Waals surface area contributed by atoms with Crippen molar-refractivity contribution in [2.75, 3.05) is 0 Å². The monoisotopic (exact) mass is 314 g/mol. The first-order valence-electron chi connectivity index (χ1n) is 5.76. The minimum absolute atomic E-state index is 0.164. The summed E-state index contributed by atoms with van der Waals surface area (Å²) < 4.78 is 1.04. The van der Waals surface area contributed by atoms with Crippen LogP contribution >= 0.6 is 0 Å². The Morgan fingerprint density at radius 1 is 1.39 bits per heavy atom. The van der Waals surface area contributed by atoms with Gasteiger partial charge in [-0.15, -0.1) is 0 Å². The van der Waals surface area contributed by atoms with Crippen LogP contribution in [0.1, 0.15) is 19.8 Å². The Bertz CT molecular complexity index is 403. The Labute approximate surface area is 114 Å². The summed E-state index contributed by atoms with van der Waals surface area (Å²) in [6, 6.07) is 9.58. The van der Waals surface area contributed by atoms with Gasteiger partial charge in [0.2, 0.25) is 0 Å². The van der Waals surface area contributed by atoms with Crippen LogP contribution in [0.3, 0.4) is 0 Å². The quantitative estimate of drug-likeness (QED) is 0.594. The summed E-state index contributed by atoms with van der Waals surface area (Å²) in [4.78, 5) is 10.7. The molecule has 98 valence electrons. The maximum atomic E-state index is 11.2. The predicted octanol–water partition coefficient (Wildman–Crippen LogP) is 1.61. The Kier molecular flexibility index (Phi) is 6.13. The van der Waals surface area contributed by atoms with Crippen LogP contribution in [0.2, 0.25) is 4.82 Å². The average Bonchev–Trinajstić information content (AvgIpc) is 2.28. The first kappa shape index (κ1) is 15.0. The van der Waals surface area contributed by atoms with Gasteiger partial charge in [-0.25, -0.2) is 0 Å². The van der Waals surface area contributed by atoms with Crippen molar-refractivity contribution in [1.82, 2.24) is 0 Å². The Hall–Kier alpha value is -1.09. The first-order chi connectivity index (χ1) is 8.49. The molecule has 0 spiro atoms. The normalized spacial score (nSPS) is 13.9. The second-order valence-electron chi connectivity index (χ2n) is 4.31. The summed E-state index contributed by atoms with van der Waals surface area (Å²) in [6.45, 7) is 5.56. The summed E-state index contributed by atoms with van der Waals surface area (Å²) in [5.41, 5.74) is 0.874. The van der Waals surface area contributed by atoms with E-state index in [-0.39, 0.29) is 21.4 Å². The molecular weight excluding hydrogens is 295 g/mol. The molecule has 0 aromatic heterocycles. The van der Waals surface area contributed by atoms with Crippen molar-refractivity contribution < 1.29 is 15.0 Å². The predicted molar refractivity (Wildman–Crippen MR) is 73.3 cm³/mol. The molecule has 3 nitrogen and oxygen atoms in total. The number of hydrogen-bond donors (Lipinski definition) is 2. The van der Waals surface area contributed by atoms with E-state index in [0.717, 1.165) is 10.0 Å². The summed E-state index contributed by atoms with van der Waals surface area (Å²) in [5.74, 6) is -0.834. The molecular formula is C14H18O3Se. The van der Waals surface area contributed by atoms with Crippen molar-refractivity contribution in [3.63, 3.8) is 0 Å². The summed E-state index contributed by atoms with van der Waals surface area (Å²) in [7, 11) is 0. The molecule has 4 heteroatoms. The zero-order chi connectivity index (χ0) is 13.5. The molecule has 0 bridgehead atoms. The molecule has 0 aliphatic heterocycles. The van der Waals surface area contributed by atoms with Crippen molar-refractivity contribution in [3.8, 4) is 0 Å². The number of rotatable bonds is 7. The van der Waals surface area contributed by atoms with Gasteiger partial charge in [-0.3, -0.25) is 0 Å². The van der Waals surface area contributed by atoms with Crippen LogP contribution in [0.15, 0.2) is 42.5 Å². The first-order valence-corrected chi connectivity index (χ1v) is 7.60. The van der Waals surface area contributed by atoms with Gasteiger partial charge in [0.1, 0.15) is 0 Å². The molecule has 2 atom stereocenters. The van der Waals surface area contributed by atoms with Crippen molar-refractivity contribution >= 4 is 25.4 Å². The summed E-state index contributed by atoms with van der Waals surface area (Å²) in [5, 5.41) is 19.0. The molecule has 0 aliphatic carbocycles. The molecule has 0 aliphatic rings. The van der Waals surface area contributed by atoms with Crippen LogP contribution < -0.4 is 4.46 Å². The van der Waals surface area contributed by atoms with Crippen LogP contribution in [0, 0.1) is 0 Å². The van der Waals surface area contributed by atoms with E-state index in [1.54, 1.807) is 0 Å². The Morgan fingerprint density at radius 2 is 2.00 bits per heavy atom. The minimum atomic E-state index is -0.834. The molecule has 0 heterocycles. The van der Waals surface area contributed by atoms with E-state index in [0.29, 0.717) is 6.42 Å². The SMILES string of the molecule is C=C(C)C[C@H](O)CC([Se]c1ccccc1)C(=O)O. The standard InChI is InChI=1S/C14H18O3Se/c1-10(2)8-11(15)9-13(14(16)17)18-12-6-4-3-5-7-12/h3-7,11,13,15H,1,8-9H2,2H3,(H,16,17)/t11-,13?/m0/s1. The number of carboxylic acids is 1. The van der Waals surface area contributed by atoms with Crippen LogP contribution in [0.25, 0.3) is 0 Å². The fourth-order valence-corrected chi connectivity index (χ4v) is 3.82. The van der Waals surface area contributed by atoms with E-state index >= 15 is 0 Å². The fourth-order valence-electron chi connectivity index (χ4n) is 1.60. The van der Waals surface area contributed by atoms with E-state index < -0.39 is 16.9 Å². The molecule has 1 aromatic carbocycles. The Balaban J connectivity index is 2.61. The van der Waals surface area contributed by atoms with Crippen LogP contribution in [-0.2, 0) is 4.79 Å². The molecule has 1 aromatic rings. The third-order valence-corrected chi connectivity index (χ3v) is 4.93. The van der Waals surface area contributed by atoms with E-state index in [2.05, 4.69) is 6.58 Å². The molecule has 1 unspecified atom stereocenters. The van der Waals surface area contributed by atoms with Crippen LogP contribution in [-0.4, -0.2) is 37.2 Å². The van der Waals surface area contributed by atoms with E-state index in [4.69, 9.17) is 0 Å². The van der Waals surface area contributed by atoms with Gasteiger partial charge in [-0.1, -0.05) is 0 Å². The fraction of sp³-hybridized carbons (Fsp3) is 0.357. The number of carbonyl (C=O) groups is 1. The molecule has 1 rings (SSSR count). The van der Waals surface area contributed by atoms with Gasteiger partial charge >= 0.3 is 114 Å². The van der Waals surface area contributed by atoms with Gasteiger partial charge < -0.3 is 0 Å². The molecule has 18 heavy (non-hydrogen) atoms. The second kappa shape index (κ2) is 7.37. The van der Waals surface area contributed by atoms with Gasteiger partial charge in [0.25, 0.3) is 0 Å².